The Morgan fingerprint density at radius 2 is 1.83 bits per heavy atom. The van der Waals surface area contributed by atoms with E-state index in [-0.39, 0.29) is 18.0 Å². The van der Waals surface area contributed by atoms with Crippen LogP contribution in [0.25, 0.3) is 0 Å². The molecular weight excluding hydrogens is 370 g/mol. The smallest absolute Gasteiger partial charge is 0.269 e. The van der Waals surface area contributed by atoms with E-state index in [0.29, 0.717) is 12.2 Å². The van der Waals surface area contributed by atoms with Crippen molar-refractivity contribution in [3.05, 3.63) is 69.8 Å². The molecule has 1 amide bonds. The number of nitro benzene ring substituents is 1. The number of non-ortho nitro benzene ring substituents is 1. The minimum Gasteiger partial charge on any atom is -0.493 e. The fourth-order valence-electron chi connectivity index (χ4n) is 2.74. The van der Waals surface area contributed by atoms with Crippen LogP contribution in [0.3, 0.4) is 0 Å². The molecule has 7 nitrogen and oxygen atoms in total. The van der Waals surface area contributed by atoms with Crippen molar-refractivity contribution in [2.24, 2.45) is 5.10 Å². The summed E-state index contributed by atoms with van der Waals surface area (Å²) in [6.45, 7) is 2.85. The van der Waals surface area contributed by atoms with Crippen LogP contribution in [0.5, 0.6) is 5.75 Å². The molecule has 0 aliphatic rings. The minimum atomic E-state index is -0.473. The highest BCUT2D eigenvalue weighted by molar-refractivity contribution is 5.85. The van der Waals surface area contributed by atoms with Crippen molar-refractivity contribution in [1.82, 2.24) is 5.43 Å². The Hall–Kier alpha value is -3.22. The summed E-state index contributed by atoms with van der Waals surface area (Å²) in [7, 11) is 0. The molecule has 0 aliphatic heterocycles. The summed E-state index contributed by atoms with van der Waals surface area (Å²) in [5.41, 5.74) is 3.93. The van der Waals surface area contributed by atoms with Gasteiger partial charge in [0.15, 0.2) is 0 Å². The number of para-hydroxylation sites is 1. The van der Waals surface area contributed by atoms with Gasteiger partial charge in [-0.2, -0.15) is 5.10 Å². The molecule has 0 spiro atoms. The third kappa shape index (κ3) is 8.13. The Balaban J connectivity index is 1.81. The number of hydrogen-bond donors (Lipinski definition) is 1. The average molecular weight is 397 g/mol. The molecule has 2 aromatic rings. The van der Waals surface area contributed by atoms with Crippen LogP contribution in [0.2, 0.25) is 0 Å². The maximum atomic E-state index is 12.0. The molecule has 1 N–H and O–H groups in total. The Kier molecular flexibility index (Phi) is 9.35. The lowest BCUT2D eigenvalue weighted by Gasteiger charge is -2.08. The third-order valence-electron chi connectivity index (χ3n) is 4.33. The molecule has 0 radical (unpaired) electrons. The SMILES string of the molecule is CCCCCCCOc1ccccc1/C=N/NC(=O)Cc1ccc([N+](=O)[O-])cc1. The Morgan fingerprint density at radius 3 is 2.55 bits per heavy atom. The summed E-state index contributed by atoms with van der Waals surface area (Å²) in [6, 6.07) is 13.4. The second-order valence-corrected chi connectivity index (χ2v) is 6.69. The highest BCUT2D eigenvalue weighted by Gasteiger charge is 2.07. The number of unbranched alkanes of at least 4 members (excludes halogenated alkanes) is 4. The number of ether oxygens (including phenoxy) is 1. The van der Waals surface area contributed by atoms with E-state index >= 15 is 0 Å². The zero-order valence-corrected chi connectivity index (χ0v) is 16.7. The van der Waals surface area contributed by atoms with Gasteiger partial charge in [0.2, 0.25) is 5.91 Å². The largest absolute Gasteiger partial charge is 0.493 e. The maximum absolute atomic E-state index is 12.0. The lowest BCUT2D eigenvalue weighted by molar-refractivity contribution is -0.384. The van der Waals surface area contributed by atoms with E-state index < -0.39 is 4.92 Å². The summed E-state index contributed by atoms with van der Waals surface area (Å²) < 4.78 is 5.84. The minimum absolute atomic E-state index is 0.00542. The van der Waals surface area contributed by atoms with Crippen molar-refractivity contribution in [2.45, 2.75) is 45.4 Å². The second-order valence-electron chi connectivity index (χ2n) is 6.69. The molecule has 2 aromatic carbocycles. The highest BCUT2D eigenvalue weighted by atomic mass is 16.6. The van der Waals surface area contributed by atoms with Gasteiger partial charge in [-0.25, -0.2) is 5.43 Å². The van der Waals surface area contributed by atoms with Crippen molar-refractivity contribution in [3.63, 3.8) is 0 Å². The molecule has 0 bridgehead atoms. The van der Waals surface area contributed by atoms with Crippen LogP contribution in [0.4, 0.5) is 5.69 Å². The monoisotopic (exact) mass is 397 g/mol. The van der Waals surface area contributed by atoms with E-state index in [4.69, 9.17) is 4.74 Å². The van der Waals surface area contributed by atoms with Crippen molar-refractivity contribution >= 4 is 17.8 Å². The molecule has 29 heavy (non-hydrogen) atoms. The van der Waals surface area contributed by atoms with Gasteiger partial charge in [-0.05, 0) is 24.1 Å². The van der Waals surface area contributed by atoms with Gasteiger partial charge < -0.3 is 4.74 Å². The molecule has 0 aromatic heterocycles. The van der Waals surface area contributed by atoms with Crippen molar-refractivity contribution in [3.8, 4) is 5.75 Å². The van der Waals surface area contributed by atoms with Gasteiger partial charge in [0.1, 0.15) is 5.75 Å². The summed E-state index contributed by atoms with van der Waals surface area (Å²) >= 11 is 0. The van der Waals surface area contributed by atoms with Gasteiger partial charge in [-0.3, -0.25) is 14.9 Å². The lowest BCUT2D eigenvalue weighted by Crippen LogP contribution is -2.19. The fourth-order valence-corrected chi connectivity index (χ4v) is 2.74. The number of nitrogens with zero attached hydrogens (tertiary/aromatic N) is 2. The molecule has 0 saturated carbocycles. The first-order valence-corrected chi connectivity index (χ1v) is 9.87. The normalized spacial score (nSPS) is 10.8. The van der Waals surface area contributed by atoms with E-state index in [1.165, 1.54) is 31.4 Å². The number of carbonyl (C=O) groups is 1. The van der Waals surface area contributed by atoms with Crippen LogP contribution in [-0.4, -0.2) is 23.7 Å². The predicted molar refractivity (Wildman–Crippen MR) is 113 cm³/mol. The lowest BCUT2D eigenvalue weighted by atomic mass is 10.1. The summed E-state index contributed by atoms with van der Waals surface area (Å²) in [5.74, 6) is 0.431. The zero-order valence-electron chi connectivity index (χ0n) is 16.7. The molecule has 0 aliphatic carbocycles. The number of nitro groups is 1. The zero-order chi connectivity index (χ0) is 20.9. The van der Waals surface area contributed by atoms with Crippen LogP contribution < -0.4 is 10.2 Å². The number of rotatable bonds is 12. The van der Waals surface area contributed by atoms with Gasteiger partial charge >= 0.3 is 0 Å². The van der Waals surface area contributed by atoms with Crippen LogP contribution in [0.15, 0.2) is 53.6 Å². The highest BCUT2D eigenvalue weighted by Crippen LogP contribution is 2.17. The summed E-state index contributed by atoms with van der Waals surface area (Å²) in [4.78, 5) is 22.2. The first-order valence-electron chi connectivity index (χ1n) is 9.87. The first-order chi connectivity index (χ1) is 14.1. The van der Waals surface area contributed by atoms with E-state index in [1.54, 1.807) is 18.3 Å². The predicted octanol–water partition coefficient (Wildman–Crippen LogP) is 4.64. The maximum Gasteiger partial charge on any atom is 0.269 e. The van der Waals surface area contributed by atoms with Crippen LogP contribution in [0, 0.1) is 10.1 Å². The molecule has 0 fully saturated rings. The van der Waals surface area contributed by atoms with Crippen LogP contribution in [0.1, 0.15) is 50.2 Å². The van der Waals surface area contributed by atoms with Crippen molar-refractivity contribution in [2.75, 3.05) is 6.61 Å². The quantitative estimate of drug-likeness (QED) is 0.244. The van der Waals surface area contributed by atoms with Gasteiger partial charge in [-0.1, -0.05) is 56.9 Å². The number of benzene rings is 2. The number of hydrogen-bond acceptors (Lipinski definition) is 5. The molecule has 0 atom stereocenters. The number of nitrogens with one attached hydrogen (secondary N) is 1. The molecule has 2 rings (SSSR count). The van der Waals surface area contributed by atoms with Gasteiger partial charge in [0.25, 0.3) is 5.69 Å². The molecule has 154 valence electrons. The summed E-state index contributed by atoms with van der Waals surface area (Å²) in [5, 5.41) is 14.7. The van der Waals surface area contributed by atoms with Gasteiger partial charge in [-0.15, -0.1) is 0 Å². The molecule has 0 heterocycles. The van der Waals surface area contributed by atoms with Crippen LogP contribution >= 0.6 is 0 Å². The standard InChI is InChI=1S/C22H27N3O4/c1-2-3-4-5-8-15-29-21-10-7-6-9-19(21)17-23-24-22(26)16-18-11-13-20(14-12-18)25(27)28/h6-7,9-14,17H,2-5,8,15-16H2,1H3,(H,24,26)/b23-17+. The molecule has 7 heteroatoms. The van der Waals surface area contributed by atoms with E-state index in [2.05, 4.69) is 17.5 Å². The third-order valence-corrected chi connectivity index (χ3v) is 4.33. The van der Waals surface area contributed by atoms with Gasteiger partial charge in [0, 0.05) is 17.7 Å². The van der Waals surface area contributed by atoms with Crippen LogP contribution in [-0.2, 0) is 11.2 Å². The Labute approximate surface area is 170 Å². The average Bonchev–Trinajstić information content (AvgIpc) is 2.72. The van der Waals surface area contributed by atoms with E-state index in [1.807, 2.05) is 24.3 Å². The summed E-state index contributed by atoms with van der Waals surface area (Å²) in [6.07, 6.45) is 7.51. The molecule has 0 saturated heterocycles. The van der Waals surface area contributed by atoms with E-state index in [9.17, 15) is 14.9 Å². The molecular formula is C22H27N3O4. The van der Waals surface area contributed by atoms with Crippen molar-refractivity contribution in [1.29, 1.82) is 0 Å². The number of amides is 1. The fraction of sp³-hybridized carbons (Fsp3) is 0.364. The molecule has 0 unspecified atom stereocenters. The topological polar surface area (TPSA) is 93.8 Å². The van der Waals surface area contributed by atoms with E-state index in [0.717, 1.165) is 24.2 Å². The Morgan fingerprint density at radius 1 is 1.10 bits per heavy atom. The first kappa shape index (κ1) is 22.1. The number of carbonyl (C=O) groups excluding carboxylic acids is 1. The number of hydrazone groups is 1. The second kappa shape index (κ2) is 12.3. The van der Waals surface area contributed by atoms with Crippen molar-refractivity contribution < 1.29 is 14.5 Å². The van der Waals surface area contributed by atoms with Gasteiger partial charge in [0.05, 0.1) is 24.2 Å². The Bertz CT molecular complexity index is 819.